The van der Waals surface area contributed by atoms with Crippen molar-refractivity contribution < 1.29 is 14.6 Å². The maximum Gasteiger partial charge on any atom is 0.306 e. The molecule has 0 amide bonds. The highest BCUT2D eigenvalue weighted by Gasteiger charge is 2.22. The zero-order chi connectivity index (χ0) is 25.2. The summed E-state index contributed by atoms with van der Waals surface area (Å²) >= 11 is 0. The van der Waals surface area contributed by atoms with E-state index in [1.54, 1.807) is 0 Å². The van der Waals surface area contributed by atoms with Gasteiger partial charge in [0.25, 0.3) is 0 Å². The van der Waals surface area contributed by atoms with E-state index in [-0.39, 0.29) is 5.92 Å². The number of benzene rings is 3. The standard InChI is InChI=1S/C31H34N2O3/c1-2-24(30(34)35)16-8-3-4-15-23-36-31-32-28(25-17-9-5-10-18-25)29(26-19-11-6-12-20-26)33(31)27-21-13-7-14-22-27/h5-7,9-14,17-22,24H,2-4,8,15-16,23H2,1H3,(H,34,35). The maximum atomic E-state index is 11.2. The van der Waals surface area contributed by atoms with Crippen molar-refractivity contribution >= 4 is 5.97 Å². The normalized spacial score (nSPS) is 11.8. The van der Waals surface area contributed by atoms with Crippen molar-refractivity contribution in [3.8, 4) is 34.2 Å². The lowest BCUT2D eigenvalue weighted by Crippen LogP contribution is -2.12. The van der Waals surface area contributed by atoms with E-state index in [0.29, 0.717) is 19.0 Å². The highest BCUT2D eigenvalue weighted by Crippen LogP contribution is 2.37. The van der Waals surface area contributed by atoms with Crippen molar-refractivity contribution in [2.75, 3.05) is 6.61 Å². The smallest absolute Gasteiger partial charge is 0.306 e. The first-order valence-electron chi connectivity index (χ1n) is 12.8. The van der Waals surface area contributed by atoms with E-state index in [1.165, 1.54) is 0 Å². The molecule has 0 bridgehead atoms. The minimum Gasteiger partial charge on any atom is -0.481 e. The summed E-state index contributed by atoms with van der Waals surface area (Å²) in [5, 5.41) is 9.22. The molecule has 0 aliphatic carbocycles. The lowest BCUT2D eigenvalue weighted by molar-refractivity contribution is -0.142. The second-order valence-corrected chi connectivity index (χ2v) is 8.99. The largest absolute Gasteiger partial charge is 0.481 e. The molecule has 0 radical (unpaired) electrons. The number of ether oxygens (including phenoxy) is 1. The van der Waals surface area contributed by atoms with E-state index < -0.39 is 5.97 Å². The van der Waals surface area contributed by atoms with Crippen LogP contribution in [-0.4, -0.2) is 27.2 Å². The van der Waals surface area contributed by atoms with Gasteiger partial charge in [-0.3, -0.25) is 9.36 Å². The van der Waals surface area contributed by atoms with E-state index in [9.17, 15) is 9.90 Å². The molecule has 4 rings (SSSR count). The van der Waals surface area contributed by atoms with Gasteiger partial charge >= 0.3 is 12.0 Å². The van der Waals surface area contributed by atoms with Crippen LogP contribution in [0.15, 0.2) is 91.0 Å². The van der Waals surface area contributed by atoms with Gasteiger partial charge < -0.3 is 9.84 Å². The first kappa shape index (κ1) is 25.2. The second kappa shape index (κ2) is 12.7. The van der Waals surface area contributed by atoms with Crippen molar-refractivity contribution in [3.63, 3.8) is 0 Å². The summed E-state index contributed by atoms with van der Waals surface area (Å²) in [5.74, 6) is -0.913. The second-order valence-electron chi connectivity index (χ2n) is 8.99. The summed E-state index contributed by atoms with van der Waals surface area (Å²) in [4.78, 5) is 16.2. The van der Waals surface area contributed by atoms with Gasteiger partial charge in [-0.05, 0) is 31.4 Å². The molecule has 0 spiro atoms. The lowest BCUT2D eigenvalue weighted by Gasteiger charge is -2.13. The number of hydrogen-bond acceptors (Lipinski definition) is 3. The molecular formula is C31H34N2O3. The molecule has 4 aromatic rings. The van der Waals surface area contributed by atoms with Gasteiger partial charge in [0, 0.05) is 11.1 Å². The minimum atomic E-state index is -0.683. The number of imidazole rings is 1. The van der Waals surface area contributed by atoms with Crippen LogP contribution in [-0.2, 0) is 4.79 Å². The van der Waals surface area contributed by atoms with Crippen LogP contribution in [0.1, 0.15) is 45.4 Å². The van der Waals surface area contributed by atoms with Crippen LogP contribution in [0.4, 0.5) is 0 Å². The number of rotatable bonds is 13. The van der Waals surface area contributed by atoms with Crippen LogP contribution in [0.2, 0.25) is 0 Å². The highest BCUT2D eigenvalue weighted by molar-refractivity contribution is 5.81. The Balaban J connectivity index is 1.56. The molecule has 0 saturated heterocycles. The van der Waals surface area contributed by atoms with E-state index in [0.717, 1.165) is 60.3 Å². The van der Waals surface area contributed by atoms with Crippen LogP contribution < -0.4 is 4.74 Å². The number of para-hydroxylation sites is 1. The summed E-state index contributed by atoms with van der Waals surface area (Å²) in [6.45, 7) is 2.50. The van der Waals surface area contributed by atoms with Crippen molar-refractivity contribution in [2.45, 2.75) is 45.4 Å². The fourth-order valence-corrected chi connectivity index (χ4v) is 4.48. The molecule has 3 aromatic carbocycles. The van der Waals surface area contributed by atoms with Crippen LogP contribution in [0.3, 0.4) is 0 Å². The molecule has 5 nitrogen and oxygen atoms in total. The molecule has 0 aliphatic rings. The zero-order valence-corrected chi connectivity index (χ0v) is 20.8. The van der Waals surface area contributed by atoms with Crippen molar-refractivity contribution in [1.29, 1.82) is 0 Å². The summed E-state index contributed by atoms with van der Waals surface area (Å²) < 4.78 is 8.41. The van der Waals surface area contributed by atoms with Crippen LogP contribution >= 0.6 is 0 Å². The number of aromatic nitrogens is 2. The number of aliphatic carboxylic acids is 1. The van der Waals surface area contributed by atoms with Gasteiger partial charge in [-0.2, -0.15) is 4.98 Å². The molecule has 1 unspecified atom stereocenters. The Hall–Kier alpha value is -3.86. The predicted octanol–water partition coefficient (Wildman–Crippen LogP) is 7.65. The summed E-state index contributed by atoms with van der Waals surface area (Å²) in [7, 11) is 0. The molecule has 1 atom stereocenters. The number of carbonyl (C=O) groups is 1. The Morgan fingerprint density at radius 1 is 0.833 bits per heavy atom. The van der Waals surface area contributed by atoms with E-state index in [4.69, 9.17) is 9.72 Å². The minimum absolute atomic E-state index is 0.229. The monoisotopic (exact) mass is 482 g/mol. The summed E-state index contributed by atoms with van der Waals surface area (Å²) in [5.41, 5.74) is 5.01. The third-order valence-electron chi connectivity index (χ3n) is 6.48. The zero-order valence-electron chi connectivity index (χ0n) is 20.8. The van der Waals surface area contributed by atoms with Gasteiger partial charge in [-0.25, -0.2) is 0 Å². The molecule has 1 N–H and O–H groups in total. The SMILES string of the molecule is CCC(CCCCCCOc1nc(-c2ccccc2)c(-c2ccccc2)n1-c1ccccc1)C(=O)O. The molecule has 1 aromatic heterocycles. The Morgan fingerprint density at radius 2 is 1.42 bits per heavy atom. The molecule has 5 heteroatoms. The first-order chi connectivity index (χ1) is 17.7. The molecule has 1 heterocycles. The van der Waals surface area contributed by atoms with Gasteiger partial charge in [0.15, 0.2) is 0 Å². The quantitative estimate of drug-likeness (QED) is 0.199. The lowest BCUT2D eigenvalue weighted by atomic mass is 9.98. The van der Waals surface area contributed by atoms with Gasteiger partial charge in [0.1, 0.15) is 5.69 Å². The third kappa shape index (κ3) is 6.22. The van der Waals surface area contributed by atoms with Crippen molar-refractivity contribution in [1.82, 2.24) is 9.55 Å². The Kier molecular flexibility index (Phi) is 8.92. The molecule has 0 saturated carbocycles. The Labute approximate surface area is 213 Å². The fraction of sp³-hybridized carbons (Fsp3) is 0.290. The third-order valence-corrected chi connectivity index (χ3v) is 6.48. The van der Waals surface area contributed by atoms with Crippen LogP contribution in [0, 0.1) is 5.92 Å². The predicted molar refractivity (Wildman–Crippen MR) is 144 cm³/mol. The maximum absolute atomic E-state index is 11.2. The molecule has 0 aliphatic heterocycles. The van der Waals surface area contributed by atoms with Crippen molar-refractivity contribution in [2.24, 2.45) is 5.92 Å². The molecule has 36 heavy (non-hydrogen) atoms. The number of carboxylic acid groups (broad SMARTS) is 1. The van der Waals surface area contributed by atoms with Crippen LogP contribution in [0.5, 0.6) is 6.01 Å². The van der Waals surface area contributed by atoms with Crippen LogP contribution in [0.25, 0.3) is 28.2 Å². The Bertz CT molecular complexity index is 1220. The van der Waals surface area contributed by atoms with E-state index in [2.05, 4.69) is 41.0 Å². The summed E-state index contributed by atoms with van der Waals surface area (Å²) in [6.07, 6.45) is 5.26. The molecule has 0 fully saturated rings. The number of carboxylic acids is 1. The van der Waals surface area contributed by atoms with Gasteiger partial charge in [0.05, 0.1) is 23.9 Å². The molecular weight excluding hydrogens is 448 g/mol. The van der Waals surface area contributed by atoms with Gasteiger partial charge in [-0.15, -0.1) is 0 Å². The summed E-state index contributed by atoms with van der Waals surface area (Å²) in [6, 6.07) is 31.3. The first-order valence-corrected chi connectivity index (χ1v) is 12.8. The van der Waals surface area contributed by atoms with E-state index >= 15 is 0 Å². The van der Waals surface area contributed by atoms with Gasteiger partial charge in [-0.1, -0.05) is 105 Å². The molecule has 186 valence electrons. The van der Waals surface area contributed by atoms with Crippen molar-refractivity contribution in [3.05, 3.63) is 91.0 Å². The van der Waals surface area contributed by atoms with Gasteiger partial charge in [0.2, 0.25) is 0 Å². The number of hydrogen-bond donors (Lipinski definition) is 1. The average molecular weight is 483 g/mol. The highest BCUT2D eigenvalue weighted by atomic mass is 16.5. The van der Waals surface area contributed by atoms with E-state index in [1.807, 2.05) is 61.5 Å². The Morgan fingerprint density at radius 3 is 2.03 bits per heavy atom. The topological polar surface area (TPSA) is 64.4 Å². The average Bonchev–Trinajstić information content (AvgIpc) is 3.31. The number of unbranched alkanes of at least 4 members (excludes halogenated alkanes) is 3. The number of nitrogens with zero attached hydrogens (tertiary/aromatic N) is 2. The fourth-order valence-electron chi connectivity index (χ4n) is 4.48.